The van der Waals surface area contributed by atoms with Gasteiger partial charge in [0.05, 0.1) is 17.6 Å². The zero-order valence-corrected chi connectivity index (χ0v) is 11.6. The largest absolute Gasteiger partial charge is 0.390 e. The molecule has 8 heteroatoms. The Balaban J connectivity index is 1.71. The van der Waals surface area contributed by atoms with Crippen LogP contribution in [0.1, 0.15) is 12.8 Å². The number of thioether (sulfide) groups is 1. The summed E-state index contributed by atoms with van der Waals surface area (Å²) in [6.07, 6.45) is 6.47. The van der Waals surface area contributed by atoms with Crippen molar-refractivity contribution in [2.45, 2.75) is 30.2 Å². The fraction of sp³-hybridized carbons (Fsp3) is 0.727. The SMILES string of the molecule is CSC1(CNCC(O)Cn2cc([N+](=O)[O-])cn2)CC1. The van der Waals surface area contributed by atoms with E-state index in [1.54, 1.807) is 0 Å². The van der Waals surface area contributed by atoms with Crippen molar-refractivity contribution in [2.24, 2.45) is 0 Å². The molecular formula is C11H18N4O3S. The molecule has 1 aliphatic rings. The Hall–Kier alpha value is -1.12. The summed E-state index contributed by atoms with van der Waals surface area (Å²) in [4.78, 5) is 10.0. The van der Waals surface area contributed by atoms with Gasteiger partial charge in [-0.15, -0.1) is 0 Å². The monoisotopic (exact) mass is 286 g/mol. The Bertz CT molecular complexity index is 447. The molecule has 1 aromatic rings. The number of aliphatic hydroxyl groups excluding tert-OH is 1. The number of nitrogens with zero attached hydrogens (tertiary/aromatic N) is 3. The zero-order chi connectivity index (χ0) is 13.9. The predicted octanol–water partition coefficient (Wildman–Crippen LogP) is 0.637. The first-order valence-electron chi connectivity index (χ1n) is 6.15. The van der Waals surface area contributed by atoms with Gasteiger partial charge in [0.2, 0.25) is 0 Å². The molecule has 2 rings (SSSR count). The average Bonchev–Trinajstić information content (AvgIpc) is 2.99. The van der Waals surface area contributed by atoms with Crippen LogP contribution in [0.5, 0.6) is 0 Å². The molecule has 1 aliphatic carbocycles. The van der Waals surface area contributed by atoms with Crippen LogP contribution in [0.25, 0.3) is 0 Å². The van der Waals surface area contributed by atoms with Gasteiger partial charge in [-0.25, -0.2) is 0 Å². The number of rotatable bonds is 8. The van der Waals surface area contributed by atoms with Crippen LogP contribution in [-0.4, -0.2) is 50.0 Å². The highest BCUT2D eigenvalue weighted by molar-refractivity contribution is 8.00. The molecule has 0 amide bonds. The molecule has 1 aromatic heterocycles. The highest BCUT2D eigenvalue weighted by Crippen LogP contribution is 2.46. The summed E-state index contributed by atoms with van der Waals surface area (Å²) in [5.74, 6) is 0. The summed E-state index contributed by atoms with van der Waals surface area (Å²) in [5.41, 5.74) is -0.0560. The van der Waals surface area contributed by atoms with Gasteiger partial charge in [0.1, 0.15) is 12.4 Å². The standard InChI is InChI=1S/C11H18N4O3S/c1-19-11(2-3-11)8-12-5-10(16)7-14-6-9(4-13-14)15(17)18/h4,6,10,12,16H,2-3,5,7-8H2,1H3. The summed E-state index contributed by atoms with van der Waals surface area (Å²) in [6.45, 7) is 1.62. The van der Waals surface area contributed by atoms with E-state index in [-0.39, 0.29) is 12.2 Å². The van der Waals surface area contributed by atoms with Crippen LogP contribution >= 0.6 is 11.8 Å². The van der Waals surface area contributed by atoms with Crippen molar-refractivity contribution in [2.75, 3.05) is 19.3 Å². The molecule has 0 saturated heterocycles. The van der Waals surface area contributed by atoms with Crippen LogP contribution in [0.2, 0.25) is 0 Å². The summed E-state index contributed by atoms with van der Waals surface area (Å²) < 4.78 is 1.76. The van der Waals surface area contributed by atoms with E-state index in [9.17, 15) is 15.2 Å². The van der Waals surface area contributed by atoms with Gasteiger partial charge in [-0.3, -0.25) is 14.8 Å². The third-order valence-corrected chi connectivity index (χ3v) is 4.71. The van der Waals surface area contributed by atoms with Crippen LogP contribution in [0.4, 0.5) is 5.69 Å². The fourth-order valence-electron chi connectivity index (χ4n) is 1.89. The van der Waals surface area contributed by atoms with Crippen molar-refractivity contribution in [3.05, 3.63) is 22.5 Å². The molecule has 2 N–H and O–H groups in total. The lowest BCUT2D eigenvalue weighted by molar-refractivity contribution is -0.385. The molecule has 0 aliphatic heterocycles. The number of aromatic nitrogens is 2. The van der Waals surface area contributed by atoms with E-state index in [2.05, 4.69) is 16.7 Å². The Morgan fingerprint density at radius 2 is 2.47 bits per heavy atom. The highest BCUT2D eigenvalue weighted by Gasteiger charge is 2.41. The lowest BCUT2D eigenvalue weighted by Crippen LogP contribution is -2.35. The van der Waals surface area contributed by atoms with Crippen molar-refractivity contribution in [1.82, 2.24) is 15.1 Å². The van der Waals surface area contributed by atoms with E-state index in [1.807, 2.05) is 11.8 Å². The van der Waals surface area contributed by atoms with Crippen LogP contribution in [0.3, 0.4) is 0 Å². The number of nitro groups is 1. The summed E-state index contributed by atoms with van der Waals surface area (Å²) in [5, 5.41) is 27.4. The second-order valence-electron chi connectivity index (χ2n) is 4.85. The minimum Gasteiger partial charge on any atom is -0.390 e. The molecule has 1 fully saturated rings. The number of hydrogen-bond donors (Lipinski definition) is 2. The number of aliphatic hydroxyl groups is 1. The first kappa shape index (κ1) is 14.3. The first-order valence-corrected chi connectivity index (χ1v) is 7.38. The van der Waals surface area contributed by atoms with E-state index < -0.39 is 11.0 Å². The van der Waals surface area contributed by atoms with Crippen molar-refractivity contribution >= 4 is 17.4 Å². The summed E-state index contributed by atoms with van der Waals surface area (Å²) in [7, 11) is 0. The van der Waals surface area contributed by atoms with Crippen LogP contribution in [0.15, 0.2) is 12.4 Å². The van der Waals surface area contributed by atoms with Crippen LogP contribution in [-0.2, 0) is 6.54 Å². The minimum absolute atomic E-state index is 0.0560. The van der Waals surface area contributed by atoms with E-state index >= 15 is 0 Å². The molecule has 106 valence electrons. The lowest BCUT2D eigenvalue weighted by Gasteiger charge is -2.16. The molecule has 19 heavy (non-hydrogen) atoms. The third kappa shape index (κ3) is 3.92. The Labute approximate surface area is 115 Å². The Morgan fingerprint density at radius 3 is 3.00 bits per heavy atom. The second kappa shape index (κ2) is 5.89. The molecule has 1 heterocycles. The second-order valence-corrected chi connectivity index (χ2v) is 6.12. The quantitative estimate of drug-likeness (QED) is 0.538. The molecule has 0 aromatic carbocycles. The van der Waals surface area contributed by atoms with E-state index in [0.29, 0.717) is 11.3 Å². The van der Waals surface area contributed by atoms with Crippen molar-refractivity contribution in [3.63, 3.8) is 0 Å². The molecule has 1 unspecified atom stereocenters. The Kier molecular flexibility index (Phi) is 4.43. The lowest BCUT2D eigenvalue weighted by atomic mass is 10.3. The topological polar surface area (TPSA) is 93.2 Å². The predicted molar refractivity (Wildman–Crippen MR) is 73.2 cm³/mol. The highest BCUT2D eigenvalue weighted by atomic mass is 32.2. The maximum atomic E-state index is 10.5. The van der Waals surface area contributed by atoms with Crippen molar-refractivity contribution < 1.29 is 10.0 Å². The zero-order valence-electron chi connectivity index (χ0n) is 10.8. The average molecular weight is 286 g/mol. The van der Waals surface area contributed by atoms with Gasteiger partial charge in [-0.1, -0.05) is 0 Å². The molecule has 1 saturated carbocycles. The van der Waals surface area contributed by atoms with Gasteiger partial charge in [-0.05, 0) is 19.1 Å². The fourth-order valence-corrected chi connectivity index (χ4v) is 2.64. The first-order chi connectivity index (χ1) is 9.04. The number of hydrogen-bond acceptors (Lipinski definition) is 6. The maximum Gasteiger partial charge on any atom is 0.306 e. The molecule has 0 bridgehead atoms. The van der Waals surface area contributed by atoms with Crippen LogP contribution in [0, 0.1) is 10.1 Å². The molecular weight excluding hydrogens is 268 g/mol. The maximum absolute atomic E-state index is 10.5. The van der Waals surface area contributed by atoms with E-state index in [4.69, 9.17) is 0 Å². The minimum atomic E-state index is -0.600. The van der Waals surface area contributed by atoms with Gasteiger partial charge in [-0.2, -0.15) is 16.9 Å². The normalized spacial score (nSPS) is 18.2. The smallest absolute Gasteiger partial charge is 0.306 e. The van der Waals surface area contributed by atoms with Gasteiger partial charge in [0.25, 0.3) is 0 Å². The van der Waals surface area contributed by atoms with Gasteiger partial charge in [0, 0.05) is 17.8 Å². The van der Waals surface area contributed by atoms with Gasteiger partial charge in [0.15, 0.2) is 0 Å². The molecule has 0 spiro atoms. The third-order valence-electron chi connectivity index (χ3n) is 3.30. The molecule has 7 nitrogen and oxygen atoms in total. The van der Waals surface area contributed by atoms with E-state index in [0.717, 1.165) is 6.54 Å². The summed E-state index contributed by atoms with van der Waals surface area (Å²) in [6, 6.07) is 0. The molecule has 0 radical (unpaired) electrons. The van der Waals surface area contributed by atoms with Crippen molar-refractivity contribution in [3.8, 4) is 0 Å². The van der Waals surface area contributed by atoms with Gasteiger partial charge >= 0.3 is 5.69 Å². The Morgan fingerprint density at radius 1 is 1.74 bits per heavy atom. The summed E-state index contributed by atoms with van der Waals surface area (Å²) >= 11 is 1.86. The molecule has 1 atom stereocenters. The number of nitrogens with one attached hydrogen (secondary N) is 1. The van der Waals surface area contributed by atoms with E-state index in [1.165, 1.54) is 29.9 Å². The van der Waals surface area contributed by atoms with Gasteiger partial charge < -0.3 is 10.4 Å². The van der Waals surface area contributed by atoms with Crippen molar-refractivity contribution in [1.29, 1.82) is 0 Å². The van der Waals surface area contributed by atoms with Crippen LogP contribution < -0.4 is 5.32 Å².